The number of nitrogens with two attached hydrogens (primary N) is 1. The van der Waals surface area contributed by atoms with Gasteiger partial charge in [-0.15, -0.1) is 0 Å². The van der Waals surface area contributed by atoms with E-state index in [1.54, 1.807) is 0 Å². The Labute approximate surface area is 185 Å². The van der Waals surface area contributed by atoms with Gasteiger partial charge in [0.2, 0.25) is 0 Å². The van der Waals surface area contributed by atoms with Gasteiger partial charge in [-0.2, -0.15) is 5.11 Å². The van der Waals surface area contributed by atoms with Crippen LogP contribution in [-0.2, 0) is 6.42 Å². The smallest absolute Gasteiger partial charge is 0.121 e. The molecule has 4 nitrogen and oxygen atoms in total. The summed E-state index contributed by atoms with van der Waals surface area (Å²) < 4.78 is 0. The van der Waals surface area contributed by atoms with Crippen LogP contribution >= 0.6 is 0 Å². The maximum absolute atomic E-state index is 6.55. The van der Waals surface area contributed by atoms with Crippen molar-refractivity contribution < 1.29 is 0 Å². The van der Waals surface area contributed by atoms with Crippen LogP contribution in [0.25, 0.3) is 0 Å². The number of hydrogen-bond acceptors (Lipinski definition) is 4. The number of nitrogens with zero attached hydrogens (tertiary/aromatic N) is 2. The molecule has 0 saturated heterocycles. The first-order valence-corrected chi connectivity index (χ1v) is 12.5. The van der Waals surface area contributed by atoms with Crippen molar-refractivity contribution in [2.24, 2.45) is 27.9 Å². The Hall–Kier alpha value is -1.42. The third-order valence-electron chi connectivity index (χ3n) is 7.43. The summed E-state index contributed by atoms with van der Waals surface area (Å²) in [6, 6.07) is 10.9. The first kappa shape index (κ1) is 24.8. The minimum absolute atomic E-state index is 0.197. The van der Waals surface area contributed by atoms with E-state index in [9.17, 15) is 0 Å². The molecule has 0 aliphatic carbocycles. The molecule has 3 N–H and O–H groups in total. The molecule has 30 heavy (non-hydrogen) atoms. The first-order chi connectivity index (χ1) is 14.6. The number of rotatable bonds is 15. The summed E-state index contributed by atoms with van der Waals surface area (Å²) in [7, 11) is 0. The first-order valence-electron chi connectivity index (χ1n) is 12.5. The second-order valence-corrected chi connectivity index (χ2v) is 9.53. The zero-order valence-corrected chi connectivity index (χ0v) is 20.0. The largest absolute Gasteiger partial charge is 0.328 e. The van der Waals surface area contributed by atoms with E-state index >= 15 is 0 Å². The highest BCUT2D eigenvalue weighted by molar-refractivity contribution is 5.24. The van der Waals surface area contributed by atoms with Crippen molar-refractivity contribution in [3.63, 3.8) is 0 Å². The Bertz CT molecular complexity index is 617. The standard InChI is InChI=1S/C26H46N4/c1-5-9-14-22(7-3)18-25(20-24-16-12-11-13-17-24)26(21-27,29-30-28-25)19-23(8-4)15-10-6-2/h11-13,16-17,22-23H,5-10,14-15,18-21,27H2,1-4H3,(H,28,29). The Morgan fingerprint density at radius 1 is 0.900 bits per heavy atom. The molecule has 1 aromatic rings. The Morgan fingerprint density at radius 2 is 1.50 bits per heavy atom. The Kier molecular flexibility index (Phi) is 10.3. The molecular weight excluding hydrogens is 368 g/mol. The van der Waals surface area contributed by atoms with E-state index in [1.165, 1.54) is 56.9 Å². The van der Waals surface area contributed by atoms with Gasteiger partial charge in [0, 0.05) is 6.54 Å². The van der Waals surface area contributed by atoms with Gasteiger partial charge in [0.1, 0.15) is 5.54 Å². The minimum Gasteiger partial charge on any atom is -0.328 e. The van der Waals surface area contributed by atoms with Crippen LogP contribution in [0.3, 0.4) is 0 Å². The second-order valence-electron chi connectivity index (χ2n) is 9.53. The molecule has 4 unspecified atom stereocenters. The van der Waals surface area contributed by atoms with Gasteiger partial charge in [-0.25, -0.2) is 0 Å². The average Bonchev–Trinajstić information content (AvgIpc) is 3.12. The SMILES string of the molecule is CCCCC(CC)CC1(CN)N=NNC1(Cc1ccccc1)CC(CC)CCCC. The third-order valence-corrected chi connectivity index (χ3v) is 7.43. The van der Waals surface area contributed by atoms with Crippen LogP contribution in [0.5, 0.6) is 0 Å². The van der Waals surface area contributed by atoms with E-state index in [0.29, 0.717) is 18.4 Å². The second kappa shape index (κ2) is 12.4. The van der Waals surface area contributed by atoms with Gasteiger partial charge in [0.05, 0.1) is 5.54 Å². The molecule has 0 radical (unpaired) electrons. The molecule has 0 aromatic heterocycles. The zero-order chi connectivity index (χ0) is 21.9. The molecule has 1 heterocycles. The van der Waals surface area contributed by atoms with Crippen LogP contribution in [0.4, 0.5) is 0 Å². The van der Waals surface area contributed by atoms with Gasteiger partial charge < -0.3 is 5.73 Å². The summed E-state index contributed by atoms with van der Waals surface area (Å²) in [5.74, 6) is 1.32. The van der Waals surface area contributed by atoms with Crippen molar-refractivity contribution in [1.29, 1.82) is 0 Å². The fraction of sp³-hybridized carbons (Fsp3) is 0.769. The summed E-state index contributed by atoms with van der Waals surface area (Å²) in [4.78, 5) is 0. The molecule has 0 amide bonds. The van der Waals surface area contributed by atoms with Gasteiger partial charge in [-0.05, 0) is 36.7 Å². The van der Waals surface area contributed by atoms with Gasteiger partial charge >= 0.3 is 0 Å². The monoisotopic (exact) mass is 414 g/mol. The normalized spacial score (nSPS) is 25.2. The van der Waals surface area contributed by atoms with Crippen molar-refractivity contribution in [1.82, 2.24) is 5.43 Å². The van der Waals surface area contributed by atoms with E-state index in [4.69, 9.17) is 10.8 Å². The van der Waals surface area contributed by atoms with Crippen molar-refractivity contribution in [2.45, 2.75) is 109 Å². The molecular formula is C26H46N4. The number of nitrogens with one attached hydrogen (secondary N) is 1. The van der Waals surface area contributed by atoms with Crippen LogP contribution in [0.2, 0.25) is 0 Å². The molecule has 0 spiro atoms. The topological polar surface area (TPSA) is 62.8 Å². The molecule has 0 fully saturated rings. The lowest BCUT2D eigenvalue weighted by Crippen LogP contribution is -2.63. The fourth-order valence-corrected chi connectivity index (χ4v) is 5.29. The number of hydrogen-bond donors (Lipinski definition) is 2. The molecule has 4 heteroatoms. The highest BCUT2D eigenvalue weighted by atomic mass is 15.5. The predicted molar refractivity (Wildman–Crippen MR) is 129 cm³/mol. The van der Waals surface area contributed by atoms with E-state index in [2.05, 4.69) is 68.7 Å². The Balaban J connectivity index is 2.37. The number of benzene rings is 1. The highest BCUT2D eigenvalue weighted by Crippen LogP contribution is 2.45. The van der Waals surface area contributed by atoms with Gasteiger partial charge in [0.15, 0.2) is 0 Å². The summed E-state index contributed by atoms with van der Waals surface area (Å²) in [6.45, 7) is 9.78. The Morgan fingerprint density at radius 3 is 2.03 bits per heavy atom. The van der Waals surface area contributed by atoms with Gasteiger partial charge in [-0.3, -0.25) is 5.43 Å². The zero-order valence-electron chi connectivity index (χ0n) is 20.0. The van der Waals surface area contributed by atoms with Crippen LogP contribution in [0, 0.1) is 11.8 Å². The molecule has 2 rings (SSSR count). The van der Waals surface area contributed by atoms with Gasteiger partial charge in [0.25, 0.3) is 0 Å². The lowest BCUT2D eigenvalue weighted by atomic mass is 9.64. The average molecular weight is 415 g/mol. The molecule has 0 saturated carbocycles. The van der Waals surface area contributed by atoms with E-state index in [-0.39, 0.29) is 11.1 Å². The summed E-state index contributed by atoms with van der Waals surface area (Å²) in [6.07, 6.45) is 13.1. The highest BCUT2D eigenvalue weighted by Gasteiger charge is 2.55. The summed E-state index contributed by atoms with van der Waals surface area (Å²) in [5.41, 5.74) is 10.9. The van der Waals surface area contributed by atoms with Crippen LogP contribution in [0.15, 0.2) is 40.7 Å². The predicted octanol–water partition coefficient (Wildman–Crippen LogP) is 6.85. The van der Waals surface area contributed by atoms with Crippen molar-refractivity contribution in [3.8, 4) is 0 Å². The quantitative estimate of drug-likeness (QED) is 0.330. The van der Waals surface area contributed by atoms with Gasteiger partial charge in [-0.1, -0.05) is 115 Å². The molecule has 1 aliphatic rings. The van der Waals surface area contributed by atoms with Crippen LogP contribution in [-0.4, -0.2) is 17.6 Å². The lowest BCUT2D eigenvalue weighted by Gasteiger charge is -2.45. The van der Waals surface area contributed by atoms with Crippen molar-refractivity contribution >= 4 is 0 Å². The molecule has 1 aromatic carbocycles. The van der Waals surface area contributed by atoms with Crippen LogP contribution in [0.1, 0.15) is 97.5 Å². The minimum atomic E-state index is -0.323. The maximum atomic E-state index is 6.55. The van der Waals surface area contributed by atoms with E-state index in [0.717, 1.165) is 19.3 Å². The third kappa shape index (κ3) is 6.06. The maximum Gasteiger partial charge on any atom is 0.121 e. The molecule has 4 atom stereocenters. The van der Waals surface area contributed by atoms with E-state index < -0.39 is 0 Å². The molecule has 0 bridgehead atoms. The fourth-order valence-electron chi connectivity index (χ4n) is 5.29. The van der Waals surface area contributed by atoms with Crippen molar-refractivity contribution in [3.05, 3.63) is 35.9 Å². The van der Waals surface area contributed by atoms with E-state index in [1.807, 2.05) is 0 Å². The lowest BCUT2D eigenvalue weighted by molar-refractivity contribution is 0.134. The number of unbranched alkanes of at least 4 members (excludes halogenated alkanes) is 2. The molecule has 1 aliphatic heterocycles. The van der Waals surface area contributed by atoms with Crippen molar-refractivity contribution in [2.75, 3.05) is 6.54 Å². The summed E-state index contributed by atoms with van der Waals surface area (Å²) >= 11 is 0. The summed E-state index contributed by atoms with van der Waals surface area (Å²) in [5, 5.41) is 9.38. The molecule has 170 valence electrons. The van der Waals surface area contributed by atoms with Crippen LogP contribution < -0.4 is 11.2 Å².